The van der Waals surface area contributed by atoms with Crippen LogP contribution in [0.4, 0.5) is 0 Å². The van der Waals surface area contributed by atoms with Gasteiger partial charge in [0.2, 0.25) is 0 Å². The summed E-state index contributed by atoms with van der Waals surface area (Å²) in [4.78, 5) is 2.77. The summed E-state index contributed by atoms with van der Waals surface area (Å²) in [5.41, 5.74) is 0.411. The maximum absolute atomic E-state index is 3.71. The van der Waals surface area contributed by atoms with Crippen molar-refractivity contribution in [2.45, 2.75) is 65.8 Å². The minimum atomic E-state index is 0.411. The van der Waals surface area contributed by atoms with Crippen LogP contribution in [0.5, 0.6) is 0 Å². The third kappa shape index (κ3) is 4.90. The Morgan fingerprint density at radius 1 is 1.24 bits per heavy atom. The third-order valence-electron chi connectivity index (χ3n) is 4.34. The SMILES string of the molecule is CCC1CCCCCN1CC(CBr)C(C)(C)C. The van der Waals surface area contributed by atoms with E-state index in [4.69, 9.17) is 0 Å². The molecule has 2 heteroatoms. The van der Waals surface area contributed by atoms with E-state index in [-0.39, 0.29) is 0 Å². The van der Waals surface area contributed by atoms with E-state index in [1.165, 1.54) is 45.2 Å². The Morgan fingerprint density at radius 2 is 1.94 bits per heavy atom. The van der Waals surface area contributed by atoms with Crippen molar-refractivity contribution in [2.24, 2.45) is 11.3 Å². The summed E-state index contributed by atoms with van der Waals surface area (Å²) in [6.07, 6.45) is 7.00. The molecule has 0 aromatic heterocycles. The lowest BCUT2D eigenvalue weighted by atomic mass is 9.81. The first kappa shape index (κ1) is 15.5. The zero-order valence-electron chi connectivity index (χ0n) is 12.1. The Hall–Kier alpha value is 0.440. The Bertz CT molecular complexity index is 209. The molecule has 0 radical (unpaired) electrons. The first-order valence-corrected chi connectivity index (χ1v) is 8.41. The van der Waals surface area contributed by atoms with E-state index in [1.807, 2.05) is 0 Å². The van der Waals surface area contributed by atoms with Crippen LogP contribution in [0.3, 0.4) is 0 Å². The van der Waals surface area contributed by atoms with E-state index < -0.39 is 0 Å². The molecule has 1 fully saturated rings. The molecule has 1 aliphatic rings. The second-order valence-corrected chi connectivity index (χ2v) is 7.27. The highest BCUT2D eigenvalue weighted by atomic mass is 79.9. The van der Waals surface area contributed by atoms with Gasteiger partial charge in [0, 0.05) is 17.9 Å². The van der Waals surface area contributed by atoms with E-state index >= 15 is 0 Å². The molecule has 0 aromatic carbocycles. The van der Waals surface area contributed by atoms with Gasteiger partial charge in [-0.2, -0.15) is 0 Å². The van der Waals surface area contributed by atoms with E-state index in [0.717, 1.165) is 17.3 Å². The second-order valence-electron chi connectivity index (χ2n) is 6.62. The van der Waals surface area contributed by atoms with Gasteiger partial charge in [0.1, 0.15) is 0 Å². The van der Waals surface area contributed by atoms with Crippen LogP contribution in [0, 0.1) is 11.3 Å². The minimum absolute atomic E-state index is 0.411. The van der Waals surface area contributed by atoms with Crippen LogP contribution in [0.15, 0.2) is 0 Å². The Balaban J connectivity index is 2.61. The zero-order chi connectivity index (χ0) is 12.9. The maximum atomic E-state index is 3.71. The van der Waals surface area contributed by atoms with E-state index in [0.29, 0.717) is 5.41 Å². The first-order chi connectivity index (χ1) is 7.99. The largest absolute Gasteiger partial charge is 0.300 e. The highest BCUT2D eigenvalue weighted by Crippen LogP contribution is 2.30. The third-order valence-corrected chi connectivity index (χ3v) is 5.12. The molecule has 1 rings (SSSR count). The Morgan fingerprint density at radius 3 is 2.47 bits per heavy atom. The van der Waals surface area contributed by atoms with Gasteiger partial charge in [0.15, 0.2) is 0 Å². The van der Waals surface area contributed by atoms with Crippen LogP contribution in [0.1, 0.15) is 59.8 Å². The Kier molecular flexibility index (Phi) is 6.50. The van der Waals surface area contributed by atoms with Gasteiger partial charge in [0.25, 0.3) is 0 Å². The topological polar surface area (TPSA) is 3.24 Å². The lowest BCUT2D eigenvalue weighted by Crippen LogP contribution is -2.42. The van der Waals surface area contributed by atoms with Crippen molar-refractivity contribution in [1.82, 2.24) is 4.90 Å². The van der Waals surface area contributed by atoms with Gasteiger partial charge < -0.3 is 4.90 Å². The van der Waals surface area contributed by atoms with Crippen LogP contribution in [0.2, 0.25) is 0 Å². The molecule has 2 unspecified atom stereocenters. The molecule has 0 aliphatic carbocycles. The van der Waals surface area contributed by atoms with Crippen LogP contribution in [0.25, 0.3) is 0 Å². The summed E-state index contributed by atoms with van der Waals surface area (Å²) < 4.78 is 0. The molecule has 1 heterocycles. The lowest BCUT2D eigenvalue weighted by Gasteiger charge is -2.37. The number of hydrogen-bond acceptors (Lipinski definition) is 1. The molecule has 1 aliphatic heterocycles. The highest BCUT2D eigenvalue weighted by Gasteiger charge is 2.28. The summed E-state index contributed by atoms with van der Waals surface area (Å²) in [5.74, 6) is 0.759. The van der Waals surface area contributed by atoms with Crippen LogP contribution >= 0.6 is 15.9 Å². The fraction of sp³-hybridized carbons (Fsp3) is 1.00. The van der Waals surface area contributed by atoms with Gasteiger partial charge in [-0.15, -0.1) is 0 Å². The Labute approximate surface area is 116 Å². The smallest absolute Gasteiger partial charge is 0.00927 e. The predicted molar refractivity (Wildman–Crippen MR) is 80.9 cm³/mol. The number of nitrogens with zero attached hydrogens (tertiary/aromatic N) is 1. The molecule has 0 aromatic rings. The zero-order valence-corrected chi connectivity index (χ0v) is 13.7. The molecular weight excluding hydrogens is 274 g/mol. The van der Waals surface area contributed by atoms with Crippen molar-refractivity contribution in [2.75, 3.05) is 18.4 Å². The van der Waals surface area contributed by atoms with Gasteiger partial charge >= 0.3 is 0 Å². The lowest BCUT2D eigenvalue weighted by molar-refractivity contribution is 0.125. The molecule has 0 amide bonds. The standard InChI is InChI=1S/C15H30BrN/c1-5-14-9-7-6-8-10-17(14)12-13(11-16)15(2,3)4/h13-14H,5-12H2,1-4H3. The second kappa shape index (κ2) is 7.13. The number of rotatable bonds is 4. The number of hydrogen-bond donors (Lipinski definition) is 0. The van der Waals surface area contributed by atoms with Crippen molar-refractivity contribution in [1.29, 1.82) is 0 Å². The van der Waals surface area contributed by atoms with Gasteiger partial charge in [-0.3, -0.25) is 0 Å². The van der Waals surface area contributed by atoms with Crippen molar-refractivity contribution in [3.63, 3.8) is 0 Å². The summed E-state index contributed by atoms with van der Waals surface area (Å²) in [6.45, 7) is 12.1. The molecule has 2 atom stereocenters. The average Bonchev–Trinajstić information content (AvgIpc) is 2.48. The monoisotopic (exact) mass is 303 g/mol. The molecule has 0 N–H and O–H groups in total. The van der Waals surface area contributed by atoms with Crippen molar-refractivity contribution >= 4 is 15.9 Å². The molecule has 1 nitrogen and oxygen atoms in total. The number of halogens is 1. The van der Waals surface area contributed by atoms with E-state index in [1.54, 1.807) is 0 Å². The summed E-state index contributed by atoms with van der Waals surface area (Å²) in [5, 5.41) is 1.13. The first-order valence-electron chi connectivity index (χ1n) is 7.29. The van der Waals surface area contributed by atoms with Gasteiger partial charge in [0.05, 0.1) is 0 Å². The van der Waals surface area contributed by atoms with Gasteiger partial charge in [-0.1, -0.05) is 56.5 Å². The molecule has 17 heavy (non-hydrogen) atoms. The fourth-order valence-corrected chi connectivity index (χ4v) is 3.95. The van der Waals surface area contributed by atoms with Crippen LogP contribution < -0.4 is 0 Å². The van der Waals surface area contributed by atoms with Crippen LogP contribution in [-0.4, -0.2) is 29.4 Å². The number of alkyl halides is 1. The molecule has 0 bridgehead atoms. The van der Waals surface area contributed by atoms with Crippen molar-refractivity contribution in [3.8, 4) is 0 Å². The molecule has 102 valence electrons. The summed E-state index contributed by atoms with van der Waals surface area (Å²) in [6, 6.07) is 0.835. The normalized spacial score (nSPS) is 25.6. The minimum Gasteiger partial charge on any atom is -0.300 e. The van der Waals surface area contributed by atoms with Crippen molar-refractivity contribution < 1.29 is 0 Å². The molecular formula is C15H30BrN. The van der Waals surface area contributed by atoms with Gasteiger partial charge in [-0.25, -0.2) is 0 Å². The summed E-state index contributed by atoms with van der Waals surface area (Å²) in [7, 11) is 0. The van der Waals surface area contributed by atoms with Gasteiger partial charge in [-0.05, 0) is 37.1 Å². The molecule has 1 saturated heterocycles. The highest BCUT2D eigenvalue weighted by molar-refractivity contribution is 9.09. The number of likely N-dealkylation sites (tertiary alicyclic amines) is 1. The van der Waals surface area contributed by atoms with Crippen LogP contribution in [-0.2, 0) is 0 Å². The summed E-state index contributed by atoms with van der Waals surface area (Å²) >= 11 is 3.71. The average molecular weight is 304 g/mol. The van der Waals surface area contributed by atoms with E-state index in [2.05, 4.69) is 48.5 Å². The molecule has 0 spiro atoms. The maximum Gasteiger partial charge on any atom is 0.00927 e. The predicted octanol–water partition coefficient (Wildman–Crippen LogP) is 4.70. The molecule has 0 saturated carbocycles. The van der Waals surface area contributed by atoms with Crippen molar-refractivity contribution in [3.05, 3.63) is 0 Å². The fourth-order valence-electron chi connectivity index (χ4n) is 2.78. The van der Waals surface area contributed by atoms with E-state index in [9.17, 15) is 0 Å². The quantitative estimate of drug-likeness (QED) is 0.681.